The van der Waals surface area contributed by atoms with E-state index in [-0.39, 0.29) is 16.8 Å². The monoisotopic (exact) mass is 463 g/mol. The lowest BCUT2D eigenvalue weighted by molar-refractivity contribution is -0.115. The molecule has 3 aromatic carbocycles. The highest BCUT2D eigenvalue weighted by Gasteiger charge is 2.32. The lowest BCUT2D eigenvalue weighted by atomic mass is 9.96. The fourth-order valence-corrected chi connectivity index (χ4v) is 5.62. The molecule has 6 nitrogen and oxygen atoms in total. The first-order chi connectivity index (χ1) is 16.0. The standard InChI is InChI=1S/C26H29N3O3S/c1-2-25(30)27-23-13-15-24(16-14-23)33(31,32)29-19-17-28(18-20-29)26(21-9-5-3-6-10-21)22-11-7-4-8-12-22/h3-16,26H,2,17-20H2,1H3,(H,27,30). The van der Waals surface area contributed by atoms with Gasteiger partial charge in [0.2, 0.25) is 15.9 Å². The number of carbonyl (C=O) groups is 1. The van der Waals surface area contributed by atoms with Gasteiger partial charge in [0.1, 0.15) is 0 Å². The zero-order valence-corrected chi connectivity index (χ0v) is 19.5. The lowest BCUT2D eigenvalue weighted by Gasteiger charge is -2.39. The molecule has 0 unspecified atom stereocenters. The first-order valence-corrected chi connectivity index (χ1v) is 12.7. The van der Waals surface area contributed by atoms with Crippen LogP contribution in [-0.2, 0) is 14.8 Å². The fourth-order valence-electron chi connectivity index (χ4n) is 4.20. The highest BCUT2D eigenvalue weighted by atomic mass is 32.2. The lowest BCUT2D eigenvalue weighted by Crippen LogP contribution is -2.49. The van der Waals surface area contributed by atoms with Crippen molar-refractivity contribution in [1.29, 1.82) is 0 Å². The minimum atomic E-state index is -3.60. The Morgan fingerprint density at radius 2 is 1.33 bits per heavy atom. The number of hydrogen-bond donors (Lipinski definition) is 1. The Morgan fingerprint density at radius 3 is 1.82 bits per heavy atom. The predicted molar refractivity (Wildman–Crippen MR) is 130 cm³/mol. The molecule has 1 N–H and O–H groups in total. The SMILES string of the molecule is CCC(=O)Nc1ccc(S(=O)(=O)N2CCN(C(c3ccccc3)c3ccccc3)CC2)cc1. The van der Waals surface area contributed by atoms with Crippen LogP contribution < -0.4 is 5.32 Å². The molecule has 7 heteroatoms. The van der Waals surface area contributed by atoms with E-state index in [0.29, 0.717) is 38.3 Å². The van der Waals surface area contributed by atoms with Crippen molar-refractivity contribution in [2.75, 3.05) is 31.5 Å². The second-order valence-electron chi connectivity index (χ2n) is 8.09. The molecule has 1 fully saturated rings. The minimum absolute atomic E-state index is 0.0821. The Bertz CT molecular complexity index is 1120. The summed E-state index contributed by atoms with van der Waals surface area (Å²) in [5.41, 5.74) is 2.99. The Labute approximate surface area is 195 Å². The molecule has 0 saturated carbocycles. The van der Waals surface area contributed by atoms with Gasteiger partial charge in [-0.2, -0.15) is 4.31 Å². The van der Waals surface area contributed by atoms with Crippen molar-refractivity contribution in [2.24, 2.45) is 0 Å². The van der Waals surface area contributed by atoms with E-state index in [1.807, 2.05) is 36.4 Å². The summed E-state index contributed by atoms with van der Waals surface area (Å²) in [4.78, 5) is 14.1. The molecule has 1 amide bonds. The molecular weight excluding hydrogens is 434 g/mol. The fraction of sp³-hybridized carbons (Fsp3) is 0.269. The van der Waals surface area contributed by atoms with Crippen LogP contribution in [0, 0.1) is 0 Å². The molecule has 1 aliphatic heterocycles. The van der Waals surface area contributed by atoms with Crippen molar-refractivity contribution in [3.8, 4) is 0 Å². The number of nitrogens with one attached hydrogen (secondary N) is 1. The van der Waals surface area contributed by atoms with Gasteiger partial charge in [0.25, 0.3) is 0 Å². The topological polar surface area (TPSA) is 69.7 Å². The van der Waals surface area contributed by atoms with Crippen molar-refractivity contribution in [3.05, 3.63) is 96.1 Å². The van der Waals surface area contributed by atoms with E-state index in [4.69, 9.17) is 0 Å². The van der Waals surface area contributed by atoms with Crippen molar-refractivity contribution >= 4 is 21.6 Å². The number of hydrogen-bond acceptors (Lipinski definition) is 4. The normalized spacial score (nSPS) is 15.5. The van der Waals surface area contributed by atoms with Crippen molar-refractivity contribution in [1.82, 2.24) is 9.21 Å². The Balaban J connectivity index is 1.48. The maximum atomic E-state index is 13.2. The first-order valence-electron chi connectivity index (χ1n) is 11.2. The van der Waals surface area contributed by atoms with E-state index in [2.05, 4.69) is 34.5 Å². The van der Waals surface area contributed by atoms with Gasteiger partial charge >= 0.3 is 0 Å². The van der Waals surface area contributed by atoms with Crippen LogP contribution in [0.1, 0.15) is 30.5 Å². The maximum Gasteiger partial charge on any atom is 0.243 e. The highest BCUT2D eigenvalue weighted by molar-refractivity contribution is 7.89. The summed E-state index contributed by atoms with van der Waals surface area (Å²) in [6.45, 7) is 3.89. The summed E-state index contributed by atoms with van der Waals surface area (Å²) < 4.78 is 28.0. The maximum absolute atomic E-state index is 13.2. The molecule has 0 bridgehead atoms. The smallest absolute Gasteiger partial charge is 0.243 e. The van der Waals surface area contributed by atoms with Crippen LogP contribution in [-0.4, -0.2) is 49.7 Å². The number of anilines is 1. The molecule has 33 heavy (non-hydrogen) atoms. The summed E-state index contributed by atoms with van der Waals surface area (Å²) in [5, 5.41) is 2.75. The van der Waals surface area contributed by atoms with Crippen LogP contribution >= 0.6 is 0 Å². The largest absolute Gasteiger partial charge is 0.326 e. The molecule has 0 atom stereocenters. The molecule has 0 spiro atoms. The Morgan fingerprint density at radius 1 is 0.818 bits per heavy atom. The minimum Gasteiger partial charge on any atom is -0.326 e. The number of nitrogens with zero attached hydrogens (tertiary/aromatic N) is 2. The van der Waals surface area contributed by atoms with Gasteiger partial charge in [0.15, 0.2) is 0 Å². The molecule has 4 rings (SSSR count). The van der Waals surface area contributed by atoms with Crippen LogP contribution in [0.2, 0.25) is 0 Å². The summed E-state index contributed by atoms with van der Waals surface area (Å²) in [6, 6.07) is 27.2. The molecule has 1 saturated heterocycles. The van der Waals surface area contributed by atoms with Crippen molar-refractivity contribution in [3.63, 3.8) is 0 Å². The van der Waals surface area contributed by atoms with Gasteiger partial charge in [-0.1, -0.05) is 67.6 Å². The van der Waals surface area contributed by atoms with Crippen LogP contribution in [0.25, 0.3) is 0 Å². The van der Waals surface area contributed by atoms with Gasteiger partial charge in [-0.3, -0.25) is 9.69 Å². The zero-order valence-electron chi connectivity index (χ0n) is 18.7. The van der Waals surface area contributed by atoms with E-state index in [9.17, 15) is 13.2 Å². The van der Waals surface area contributed by atoms with E-state index in [0.717, 1.165) is 0 Å². The summed E-state index contributed by atoms with van der Waals surface area (Å²) in [5.74, 6) is -0.104. The van der Waals surface area contributed by atoms with Gasteiger partial charge in [-0.05, 0) is 35.4 Å². The molecule has 1 aliphatic rings. The average Bonchev–Trinajstić information content (AvgIpc) is 2.86. The Kier molecular flexibility index (Phi) is 7.23. The third-order valence-electron chi connectivity index (χ3n) is 5.97. The van der Waals surface area contributed by atoms with Crippen LogP contribution in [0.3, 0.4) is 0 Å². The molecule has 0 radical (unpaired) electrons. The third kappa shape index (κ3) is 5.33. The van der Waals surface area contributed by atoms with Gasteiger partial charge in [0.05, 0.1) is 10.9 Å². The van der Waals surface area contributed by atoms with Gasteiger partial charge in [-0.15, -0.1) is 0 Å². The number of carbonyl (C=O) groups excluding carboxylic acids is 1. The second kappa shape index (κ2) is 10.3. The van der Waals surface area contributed by atoms with E-state index >= 15 is 0 Å². The number of amides is 1. The quantitative estimate of drug-likeness (QED) is 0.572. The van der Waals surface area contributed by atoms with Crippen molar-refractivity contribution in [2.45, 2.75) is 24.3 Å². The van der Waals surface area contributed by atoms with E-state index in [1.165, 1.54) is 11.1 Å². The van der Waals surface area contributed by atoms with Gasteiger partial charge in [-0.25, -0.2) is 8.42 Å². The third-order valence-corrected chi connectivity index (χ3v) is 7.88. The molecule has 0 aliphatic carbocycles. The Hall–Kier alpha value is -3.00. The van der Waals surface area contributed by atoms with Crippen LogP contribution in [0.15, 0.2) is 89.8 Å². The number of sulfonamides is 1. The van der Waals surface area contributed by atoms with E-state index < -0.39 is 10.0 Å². The van der Waals surface area contributed by atoms with E-state index in [1.54, 1.807) is 35.5 Å². The predicted octanol–water partition coefficient (Wildman–Crippen LogP) is 4.13. The summed E-state index contributed by atoms with van der Waals surface area (Å²) in [6.07, 6.45) is 0.372. The average molecular weight is 464 g/mol. The van der Waals surface area contributed by atoms with Gasteiger partial charge < -0.3 is 5.32 Å². The number of piperazine rings is 1. The highest BCUT2D eigenvalue weighted by Crippen LogP contribution is 2.30. The zero-order chi connectivity index (χ0) is 23.3. The van der Waals surface area contributed by atoms with Crippen LogP contribution in [0.4, 0.5) is 5.69 Å². The summed E-state index contributed by atoms with van der Waals surface area (Å²) >= 11 is 0. The second-order valence-corrected chi connectivity index (χ2v) is 10.0. The first kappa shape index (κ1) is 23.2. The molecule has 3 aromatic rings. The van der Waals surface area contributed by atoms with Crippen molar-refractivity contribution < 1.29 is 13.2 Å². The molecule has 0 aromatic heterocycles. The molecular formula is C26H29N3O3S. The molecule has 1 heterocycles. The molecule has 172 valence electrons. The van der Waals surface area contributed by atoms with Crippen LogP contribution in [0.5, 0.6) is 0 Å². The van der Waals surface area contributed by atoms with Gasteiger partial charge in [0, 0.05) is 38.3 Å². The number of benzene rings is 3. The number of rotatable bonds is 7. The summed E-state index contributed by atoms with van der Waals surface area (Å²) in [7, 11) is -3.60.